The molecule has 5 heteroatoms. The van der Waals surface area contributed by atoms with Crippen molar-refractivity contribution < 1.29 is 19.1 Å². The van der Waals surface area contributed by atoms with E-state index in [1.54, 1.807) is 37.4 Å². The van der Waals surface area contributed by atoms with Gasteiger partial charge in [0.05, 0.1) is 18.5 Å². The van der Waals surface area contributed by atoms with Crippen LogP contribution in [0.15, 0.2) is 30.3 Å². The first-order valence-corrected chi connectivity index (χ1v) is 7.48. The van der Waals surface area contributed by atoms with E-state index in [0.29, 0.717) is 34.7 Å². The van der Waals surface area contributed by atoms with Crippen LogP contribution in [-0.2, 0) is 11.2 Å². The number of hydrogen-bond acceptors (Lipinski definition) is 5. The minimum atomic E-state index is -0.410. The Kier molecular flexibility index (Phi) is 4.10. The molecule has 0 unspecified atom stereocenters. The zero-order valence-electron chi connectivity index (χ0n) is 13.1. The number of pyridine rings is 1. The van der Waals surface area contributed by atoms with Gasteiger partial charge < -0.3 is 9.47 Å². The van der Waals surface area contributed by atoms with Crippen molar-refractivity contribution in [3.8, 4) is 22.8 Å². The van der Waals surface area contributed by atoms with E-state index in [9.17, 15) is 9.59 Å². The number of Topliss-reactive ketones (excluding diaryl/α,β-unsaturated/α-hetero) is 1. The lowest BCUT2D eigenvalue weighted by Crippen LogP contribution is -2.13. The van der Waals surface area contributed by atoms with Crippen molar-refractivity contribution in [2.75, 3.05) is 7.11 Å². The van der Waals surface area contributed by atoms with Crippen molar-refractivity contribution in [1.82, 2.24) is 4.98 Å². The number of fused-ring (bicyclic) bond motifs is 1. The molecule has 1 heterocycles. The Hall–Kier alpha value is -2.69. The summed E-state index contributed by atoms with van der Waals surface area (Å²) in [4.78, 5) is 27.9. The minimum Gasteiger partial charge on any atom is -0.497 e. The third-order valence-corrected chi connectivity index (χ3v) is 3.81. The van der Waals surface area contributed by atoms with E-state index in [0.717, 1.165) is 18.5 Å². The van der Waals surface area contributed by atoms with E-state index >= 15 is 0 Å². The first kappa shape index (κ1) is 15.2. The number of carbonyl (C=O) groups is 2. The van der Waals surface area contributed by atoms with E-state index in [2.05, 4.69) is 4.98 Å². The second-order valence-electron chi connectivity index (χ2n) is 5.42. The number of aromatic nitrogens is 1. The fourth-order valence-electron chi connectivity index (χ4n) is 2.73. The van der Waals surface area contributed by atoms with Crippen LogP contribution in [0.1, 0.15) is 35.8 Å². The molecule has 3 rings (SSSR count). The number of hydrogen-bond donors (Lipinski definition) is 0. The van der Waals surface area contributed by atoms with Crippen LogP contribution in [0.4, 0.5) is 0 Å². The van der Waals surface area contributed by atoms with E-state index in [4.69, 9.17) is 9.47 Å². The molecule has 0 N–H and O–H groups in total. The zero-order valence-corrected chi connectivity index (χ0v) is 13.1. The molecule has 2 aromatic rings. The van der Waals surface area contributed by atoms with Crippen LogP contribution in [0.3, 0.4) is 0 Å². The second kappa shape index (κ2) is 6.20. The first-order valence-electron chi connectivity index (χ1n) is 7.48. The number of methoxy groups -OCH3 is 1. The predicted molar refractivity (Wildman–Crippen MR) is 84.8 cm³/mol. The summed E-state index contributed by atoms with van der Waals surface area (Å²) >= 11 is 0. The number of nitrogens with zero attached hydrogens (tertiary/aromatic N) is 1. The molecule has 0 radical (unpaired) electrons. The highest BCUT2D eigenvalue weighted by Gasteiger charge is 2.20. The monoisotopic (exact) mass is 311 g/mol. The zero-order chi connectivity index (χ0) is 16.4. The Balaban J connectivity index is 2.07. The molecule has 0 aliphatic heterocycles. The molecule has 1 aromatic carbocycles. The molecule has 1 aliphatic carbocycles. The summed E-state index contributed by atoms with van der Waals surface area (Å²) in [5, 5.41) is 0. The number of esters is 1. The van der Waals surface area contributed by atoms with Gasteiger partial charge in [-0.3, -0.25) is 14.6 Å². The second-order valence-corrected chi connectivity index (χ2v) is 5.42. The molecule has 0 fully saturated rings. The predicted octanol–water partition coefficient (Wildman–Crippen LogP) is 3.20. The van der Waals surface area contributed by atoms with Gasteiger partial charge in [-0.2, -0.15) is 0 Å². The maximum Gasteiger partial charge on any atom is 0.308 e. The Morgan fingerprint density at radius 2 is 1.91 bits per heavy atom. The molecule has 1 aliphatic rings. The quantitative estimate of drug-likeness (QED) is 0.643. The third-order valence-electron chi connectivity index (χ3n) is 3.81. The highest BCUT2D eigenvalue weighted by Crippen LogP contribution is 2.34. The molecular weight excluding hydrogens is 294 g/mol. The summed E-state index contributed by atoms with van der Waals surface area (Å²) in [6.45, 7) is 1.35. The maximum atomic E-state index is 11.9. The average molecular weight is 311 g/mol. The summed E-state index contributed by atoms with van der Waals surface area (Å²) < 4.78 is 10.5. The molecule has 5 nitrogen and oxygen atoms in total. The van der Waals surface area contributed by atoms with Crippen LogP contribution in [0, 0.1) is 0 Å². The fraction of sp³-hybridized carbons (Fsp3) is 0.278. The van der Waals surface area contributed by atoms with Crippen LogP contribution in [0.5, 0.6) is 11.5 Å². The van der Waals surface area contributed by atoms with E-state index < -0.39 is 5.97 Å². The smallest absolute Gasteiger partial charge is 0.308 e. The Bertz CT molecular complexity index is 783. The van der Waals surface area contributed by atoms with Gasteiger partial charge in [0, 0.05) is 30.5 Å². The number of rotatable bonds is 3. The molecule has 1 aromatic heterocycles. The van der Waals surface area contributed by atoms with Gasteiger partial charge in [0.15, 0.2) is 5.78 Å². The molecule has 0 saturated heterocycles. The molecule has 0 amide bonds. The summed E-state index contributed by atoms with van der Waals surface area (Å²) in [6.07, 6.45) is 2.19. The van der Waals surface area contributed by atoms with Gasteiger partial charge in [-0.05, 0) is 37.1 Å². The van der Waals surface area contributed by atoms with E-state index in [-0.39, 0.29) is 5.78 Å². The van der Waals surface area contributed by atoms with Gasteiger partial charge in [-0.1, -0.05) is 0 Å². The van der Waals surface area contributed by atoms with Crippen LogP contribution in [0.25, 0.3) is 11.3 Å². The van der Waals surface area contributed by atoms with E-state index in [1.807, 2.05) is 0 Å². The maximum absolute atomic E-state index is 11.9. The molecule has 23 heavy (non-hydrogen) atoms. The molecule has 0 bridgehead atoms. The van der Waals surface area contributed by atoms with Crippen molar-refractivity contribution >= 4 is 11.8 Å². The van der Waals surface area contributed by atoms with Gasteiger partial charge in [0.1, 0.15) is 11.5 Å². The summed E-state index contributed by atoms with van der Waals surface area (Å²) in [6, 6.07) is 8.84. The first-order chi connectivity index (χ1) is 11.1. The van der Waals surface area contributed by atoms with Gasteiger partial charge >= 0.3 is 5.97 Å². The lowest BCUT2D eigenvalue weighted by Gasteiger charge is -2.16. The third kappa shape index (κ3) is 3.08. The minimum absolute atomic E-state index is 0.139. The number of carbonyl (C=O) groups excluding carboxylic acids is 2. The summed E-state index contributed by atoms with van der Waals surface area (Å²) in [7, 11) is 1.55. The molecule has 0 saturated carbocycles. The number of ether oxygens (including phenoxy) is 2. The molecular formula is C18H17NO4. The number of benzene rings is 1. The van der Waals surface area contributed by atoms with Gasteiger partial charge in [-0.15, -0.1) is 0 Å². The fourth-order valence-corrected chi connectivity index (χ4v) is 2.73. The van der Waals surface area contributed by atoms with Crippen LogP contribution in [-0.4, -0.2) is 23.8 Å². The number of aryl methyl sites for hydroxylation is 1. The number of ketones is 1. The average Bonchev–Trinajstić information content (AvgIpc) is 2.54. The SMILES string of the molecule is COc1ccc(-c2ccc3c(n2)CCCC3=O)c(OC(C)=O)c1. The molecule has 0 atom stereocenters. The van der Waals surface area contributed by atoms with Crippen molar-refractivity contribution in [1.29, 1.82) is 0 Å². The van der Waals surface area contributed by atoms with Crippen molar-refractivity contribution in [3.63, 3.8) is 0 Å². The normalized spacial score (nSPS) is 13.4. The Morgan fingerprint density at radius 3 is 2.65 bits per heavy atom. The summed E-state index contributed by atoms with van der Waals surface area (Å²) in [5.41, 5.74) is 2.88. The van der Waals surface area contributed by atoms with Crippen LogP contribution in [0.2, 0.25) is 0 Å². The van der Waals surface area contributed by atoms with Crippen molar-refractivity contribution in [2.24, 2.45) is 0 Å². The lowest BCUT2D eigenvalue weighted by molar-refractivity contribution is -0.131. The van der Waals surface area contributed by atoms with Crippen molar-refractivity contribution in [3.05, 3.63) is 41.6 Å². The van der Waals surface area contributed by atoms with Crippen LogP contribution < -0.4 is 9.47 Å². The standard InChI is InChI=1S/C18H17NO4/c1-11(20)23-18-10-12(22-2)6-7-14(18)16-9-8-13-15(19-16)4-3-5-17(13)21/h6-10H,3-5H2,1-2H3. The van der Waals surface area contributed by atoms with E-state index in [1.165, 1.54) is 6.92 Å². The highest BCUT2D eigenvalue weighted by molar-refractivity contribution is 5.98. The van der Waals surface area contributed by atoms with Gasteiger partial charge in [0.25, 0.3) is 0 Å². The highest BCUT2D eigenvalue weighted by atomic mass is 16.5. The Morgan fingerprint density at radius 1 is 1.13 bits per heavy atom. The van der Waals surface area contributed by atoms with Gasteiger partial charge in [0.2, 0.25) is 0 Å². The summed E-state index contributed by atoms with van der Waals surface area (Å²) in [5.74, 6) is 0.720. The van der Waals surface area contributed by atoms with Gasteiger partial charge in [-0.25, -0.2) is 0 Å². The van der Waals surface area contributed by atoms with Crippen molar-refractivity contribution in [2.45, 2.75) is 26.2 Å². The molecule has 0 spiro atoms. The topological polar surface area (TPSA) is 65.5 Å². The largest absolute Gasteiger partial charge is 0.497 e. The molecule has 118 valence electrons. The van der Waals surface area contributed by atoms with Crippen LogP contribution >= 0.6 is 0 Å². The Labute approximate surface area is 134 Å². The lowest BCUT2D eigenvalue weighted by atomic mass is 9.94.